The molecule has 0 unspecified atom stereocenters. The lowest BCUT2D eigenvalue weighted by atomic mass is 10.1. The first-order chi connectivity index (χ1) is 17.0. The van der Waals surface area contributed by atoms with Crippen molar-refractivity contribution in [2.45, 2.75) is 44.6 Å². The van der Waals surface area contributed by atoms with Crippen LogP contribution in [0.1, 0.15) is 54.6 Å². The van der Waals surface area contributed by atoms with Gasteiger partial charge < -0.3 is 31.2 Å². The van der Waals surface area contributed by atoms with Crippen LogP contribution in [0.15, 0.2) is 24.3 Å². The van der Waals surface area contributed by atoms with E-state index < -0.39 is 5.91 Å². The van der Waals surface area contributed by atoms with Gasteiger partial charge in [-0.25, -0.2) is 4.98 Å². The van der Waals surface area contributed by atoms with Gasteiger partial charge in [0, 0.05) is 44.6 Å². The summed E-state index contributed by atoms with van der Waals surface area (Å²) in [5.41, 5.74) is 6.67. The number of nitrogens with two attached hydrogens (primary N) is 1. The van der Waals surface area contributed by atoms with Crippen molar-refractivity contribution in [3.8, 4) is 5.75 Å². The number of ether oxygens (including phenoxy) is 1. The Bertz CT molecular complexity index is 999. The second-order valence-corrected chi connectivity index (χ2v) is 9.11. The fourth-order valence-corrected chi connectivity index (χ4v) is 4.52. The van der Waals surface area contributed by atoms with Gasteiger partial charge in [0.2, 0.25) is 5.95 Å². The number of hydrogen-bond acceptors (Lipinski definition) is 9. The summed E-state index contributed by atoms with van der Waals surface area (Å²) in [5.74, 6) is 0.865. The predicted octanol–water partition coefficient (Wildman–Crippen LogP) is 2.53. The molecule has 0 bridgehead atoms. The fourth-order valence-electron chi connectivity index (χ4n) is 4.52. The summed E-state index contributed by atoms with van der Waals surface area (Å²) in [5, 5.41) is 20.6. The molecule has 3 heterocycles. The maximum atomic E-state index is 12.2. The third-order valence-electron chi connectivity index (χ3n) is 6.55. The highest BCUT2D eigenvalue weighted by Gasteiger charge is 2.22. The van der Waals surface area contributed by atoms with Crippen molar-refractivity contribution in [2.75, 3.05) is 49.5 Å². The van der Waals surface area contributed by atoms with E-state index >= 15 is 0 Å². The standard InChI is InChI=1S/C25H35N7O3/c26-17-21-22(23(27)34)24(30-25(29-21)32-11-3-1-2-4-12-32)28-18-5-7-20(8-6-18)35-16-15-31-13-9-19(33)10-14-31/h5-8,17,19,26,33H,1-4,9-16H2,(H2,27,34)(H,28,29,30). The van der Waals surface area contributed by atoms with E-state index in [1.165, 1.54) is 12.8 Å². The molecule has 10 nitrogen and oxygen atoms in total. The number of likely N-dealkylation sites (tertiary alicyclic amines) is 1. The lowest BCUT2D eigenvalue weighted by molar-refractivity contribution is 0.0755. The lowest BCUT2D eigenvalue weighted by Gasteiger charge is -2.29. The van der Waals surface area contributed by atoms with Gasteiger partial charge in [-0.2, -0.15) is 4.98 Å². The number of nitrogens with one attached hydrogen (secondary N) is 2. The Labute approximate surface area is 206 Å². The van der Waals surface area contributed by atoms with Crippen LogP contribution in [0.4, 0.5) is 17.5 Å². The first-order valence-electron chi connectivity index (χ1n) is 12.4. The summed E-state index contributed by atoms with van der Waals surface area (Å²) in [6.07, 6.45) is 6.98. The summed E-state index contributed by atoms with van der Waals surface area (Å²) >= 11 is 0. The van der Waals surface area contributed by atoms with Gasteiger partial charge in [-0.05, 0) is 49.9 Å². The predicted molar refractivity (Wildman–Crippen MR) is 136 cm³/mol. The monoisotopic (exact) mass is 481 g/mol. The van der Waals surface area contributed by atoms with Crippen LogP contribution in [0.3, 0.4) is 0 Å². The molecule has 2 aliphatic heterocycles. The molecule has 2 fully saturated rings. The molecule has 0 saturated carbocycles. The minimum atomic E-state index is -0.682. The first kappa shape index (κ1) is 24.9. The van der Waals surface area contributed by atoms with Gasteiger partial charge in [-0.3, -0.25) is 9.69 Å². The molecule has 2 aliphatic rings. The van der Waals surface area contributed by atoms with Crippen LogP contribution in [0.2, 0.25) is 0 Å². The number of hydrogen-bond donors (Lipinski definition) is 4. The number of rotatable bonds is 9. The van der Waals surface area contributed by atoms with E-state index in [9.17, 15) is 9.90 Å². The number of anilines is 3. The highest BCUT2D eigenvalue weighted by atomic mass is 16.5. The number of aliphatic hydroxyl groups excluding tert-OH is 1. The molecule has 35 heavy (non-hydrogen) atoms. The molecule has 0 atom stereocenters. The van der Waals surface area contributed by atoms with Gasteiger partial charge in [-0.1, -0.05) is 12.8 Å². The normalized spacial score (nSPS) is 17.6. The van der Waals surface area contributed by atoms with Gasteiger partial charge in [0.05, 0.1) is 6.10 Å². The fraction of sp³-hybridized carbons (Fsp3) is 0.520. The molecule has 1 amide bonds. The number of carbonyl (C=O) groups is 1. The Balaban J connectivity index is 1.44. The Hall–Kier alpha value is -3.24. The number of amides is 1. The van der Waals surface area contributed by atoms with Crippen molar-refractivity contribution >= 4 is 29.6 Å². The maximum absolute atomic E-state index is 12.2. The number of piperidine rings is 1. The Morgan fingerprint density at radius 3 is 2.43 bits per heavy atom. The molecule has 0 spiro atoms. The Morgan fingerprint density at radius 1 is 1.11 bits per heavy atom. The van der Waals surface area contributed by atoms with E-state index in [0.717, 1.165) is 76.1 Å². The van der Waals surface area contributed by atoms with E-state index in [2.05, 4.69) is 25.1 Å². The van der Waals surface area contributed by atoms with Crippen LogP contribution in [0.5, 0.6) is 5.75 Å². The van der Waals surface area contributed by atoms with Crippen molar-refractivity contribution < 1.29 is 14.6 Å². The van der Waals surface area contributed by atoms with Crippen molar-refractivity contribution in [1.82, 2.24) is 14.9 Å². The van der Waals surface area contributed by atoms with Gasteiger partial charge in [0.1, 0.15) is 29.4 Å². The molecule has 5 N–H and O–H groups in total. The van der Waals surface area contributed by atoms with Crippen molar-refractivity contribution in [1.29, 1.82) is 5.41 Å². The quantitative estimate of drug-likeness (QED) is 0.401. The maximum Gasteiger partial charge on any atom is 0.254 e. The molecule has 188 valence electrons. The van der Waals surface area contributed by atoms with E-state index in [4.69, 9.17) is 15.9 Å². The van der Waals surface area contributed by atoms with Gasteiger partial charge >= 0.3 is 0 Å². The average Bonchev–Trinajstić information content (AvgIpc) is 3.15. The first-order valence-corrected chi connectivity index (χ1v) is 12.4. The number of primary amides is 1. The summed E-state index contributed by atoms with van der Waals surface area (Å²) in [7, 11) is 0. The Morgan fingerprint density at radius 2 is 1.80 bits per heavy atom. The van der Waals surface area contributed by atoms with Crippen LogP contribution in [-0.2, 0) is 0 Å². The van der Waals surface area contributed by atoms with Crippen molar-refractivity contribution in [3.63, 3.8) is 0 Å². The minimum Gasteiger partial charge on any atom is -0.492 e. The zero-order valence-electron chi connectivity index (χ0n) is 20.1. The largest absolute Gasteiger partial charge is 0.492 e. The average molecular weight is 482 g/mol. The molecule has 10 heteroatoms. The van der Waals surface area contributed by atoms with Gasteiger partial charge in [0.25, 0.3) is 5.91 Å². The SMILES string of the molecule is N=Cc1nc(N2CCCCCC2)nc(Nc2ccc(OCCN3CCC(O)CC3)cc2)c1C(N)=O. The highest BCUT2D eigenvalue weighted by Crippen LogP contribution is 2.26. The number of aliphatic hydroxyl groups is 1. The van der Waals surface area contributed by atoms with Crippen molar-refractivity contribution in [2.24, 2.45) is 5.73 Å². The summed E-state index contributed by atoms with van der Waals surface area (Å²) in [6.45, 7) is 4.87. The second kappa shape index (κ2) is 11.9. The number of benzene rings is 1. The van der Waals surface area contributed by atoms with Crippen LogP contribution in [0.25, 0.3) is 0 Å². The molecule has 0 aliphatic carbocycles. The number of aromatic nitrogens is 2. The number of carbonyl (C=O) groups excluding carboxylic acids is 1. The molecular weight excluding hydrogens is 446 g/mol. The minimum absolute atomic E-state index is 0.102. The zero-order chi connectivity index (χ0) is 24.6. The molecule has 4 rings (SSSR count). The molecule has 2 aromatic rings. The van der Waals surface area contributed by atoms with Crippen LogP contribution < -0.4 is 20.7 Å². The van der Waals surface area contributed by atoms with E-state index in [1.54, 1.807) is 0 Å². The van der Waals surface area contributed by atoms with Gasteiger partial charge in [0.15, 0.2) is 0 Å². The topological polar surface area (TPSA) is 141 Å². The van der Waals surface area contributed by atoms with Crippen molar-refractivity contribution in [3.05, 3.63) is 35.5 Å². The van der Waals surface area contributed by atoms with E-state index in [-0.39, 0.29) is 17.4 Å². The third-order valence-corrected chi connectivity index (χ3v) is 6.55. The van der Waals surface area contributed by atoms with Crippen LogP contribution in [-0.4, -0.2) is 77.5 Å². The third kappa shape index (κ3) is 6.67. The summed E-state index contributed by atoms with van der Waals surface area (Å²) in [4.78, 5) is 25.7. The number of nitrogens with zero attached hydrogens (tertiary/aromatic N) is 4. The Kier molecular flexibility index (Phi) is 8.49. The molecule has 1 aromatic carbocycles. The van der Waals surface area contributed by atoms with Gasteiger partial charge in [-0.15, -0.1) is 0 Å². The molecular formula is C25H35N7O3. The lowest BCUT2D eigenvalue weighted by Crippen LogP contribution is -2.38. The molecule has 1 aromatic heterocycles. The molecule has 2 saturated heterocycles. The van der Waals surface area contributed by atoms with E-state index in [1.807, 2.05) is 24.3 Å². The highest BCUT2D eigenvalue weighted by molar-refractivity contribution is 6.04. The van der Waals surface area contributed by atoms with Crippen LogP contribution >= 0.6 is 0 Å². The smallest absolute Gasteiger partial charge is 0.254 e. The summed E-state index contributed by atoms with van der Waals surface area (Å²) in [6, 6.07) is 7.44. The molecule has 0 radical (unpaired) electrons. The zero-order valence-corrected chi connectivity index (χ0v) is 20.1. The second-order valence-electron chi connectivity index (χ2n) is 9.11. The van der Waals surface area contributed by atoms with Crippen LogP contribution in [0, 0.1) is 5.41 Å². The van der Waals surface area contributed by atoms with E-state index in [0.29, 0.717) is 18.4 Å². The summed E-state index contributed by atoms with van der Waals surface area (Å²) < 4.78 is 5.88.